The van der Waals surface area contributed by atoms with Crippen molar-refractivity contribution in [3.05, 3.63) is 65.9 Å². The first-order chi connectivity index (χ1) is 19.4. The Morgan fingerprint density at radius 2 is 1.68 bits per heavy atom. The molecular formula is C27H26F4N6O3S. The van der Waals surface area contributed by atoms with Gasteiger partial charge in [0.2, 0.25) is 21.8 Å². The topological polar surface area (TPSA) is 118 Å². The first-order valence-corrected chi connectivity index (χ1v) is 14.0. The van der Waals surface area contributed by atoms with Crippen LogP contribution in [0, 0.1) is 18.7 Å². The van der Waals surface area contributed by atoms with Gasteiger partial charge in [-0.25, -0.2) is 32.7 Å². The third-order valence-electron chi connectivity index (χ3n) is 6.68. The number of benzene rings is 1. The van der Waals surface area contributed by atoms with E-state index in [2.05, 4.69) is 38.1 Å². The van der Waals surface area contributed by atoms with Crippen LogP contribution < -0.4 is 5.32 Å². The minimum Gasteiger partial charge on any atom is -0.349 e. The van der Waals surface area contributed by atoms with Crippen molar-refractivity contribution >= 4 is 15.9 Å². The van der Waals surface area contributed by atoms with Crippen molar-refractivity contribution in [3.63, 3.8) is 0 Å². The molecule has 0 bridgehead atoms. The molecule has 0 unspecified atom stereocenters. The molecule has 2 aliphatic rings. The van der Waals surface area contributed by atoms with E-state index in [1.54, 1.807) is 6.92 Å². The molecule has 3 aromatic rings. The Bertz CT molecular complexity index is 1530. The lowest BCUT2D eigenvalue weighted by Gasteiger charge is -2.27. The van der Waals surface area contributed by atoms with E-state index in [-0.39, 0.29) is 22.9 Å². The van der Waals surface area contributed by atoms with Gasteiger partial charge in [0.05, 0.1) is 22.8 Å². The van der Waals surface area contributed by atoms with Gasteiger partial charge in [-0.1, -0.05) is 0 Å². The zero-order chi connectivity index (χ0) is 29.9. The molecule has 5 rings (SSSR count). The number of alkyl halides is 3. The van der Waals surface area contributed by atoms with Gasteiger partial charge in [0.25, 0.3) is 0 Å². The number of carbonyl (C=O) groups excluding carboxylic acids is 1. The van der Waals surface area contributed by atoms with Gasteiger partial charge in [-0.2, -0.15) is 17.5 Å². The molecule has 3 heterocycles. The van der Waals surface area contributed by atoms with Gasteiger partial charge in [0, 0.05) is 29.9 Å². The van der Waals surface area contributed by atoms with Crippen LogP contribution in [-0.2, 0) is 27.5 Å². The van der Waals surface area contributed by atoms with Crippen molar-refractivity contribution in [2.45, 2.75) is 68.2 Å². The van der Waals surface area contributed by atoms with Crippen molar-refractivity contribution in [2.75, 3.05) is 0 Å². The number of rotatable bonds is 7. The van der Waals surface area contributed by atoms with Crippen molar-refractivity contribution in [2.24, 2.45) is 0 Å². The SMILES string of the molecule is C#C.C[C@H]1CC[C@@H](C(=O)NCc2cc(-c3cnc(C(F)(F)F)nc3)nc(C3CC3)n2)N1S(=O)(=O)c1ccc(F)cc1. The lowest BCUT2D eigenvalue weighted by Crippen LogP contribution is -2.48. The summed E-state index contributed by atoms with van der Waals surface area (Å²) in [5.41, 5.74) is 0.995. The molecular weight excluding hydrogens is 564 g/mol. The summed E-state index contributed by atoms with van der Waals surface area (Å²) in [6, 6.07) is 4.55. The van der Waals surface area contributed by atoms with Crippen molar-refractivity contribution in [3.8, 4) is 24.1 Å². The van der Waals surface area contributed by atoms with E-state index >= 15 is 0 Å². The predicted octanol–water partition coefficient (Wildman–Crippen LogP) is 4.08. The molecule has 1 saturated carbocycles. The molecule has 1 aromatic carbocycles. The van der Waals surface area contributed by atoms with Gasteiger partial charge in [-0.15, -0.1) is 12.8 Å². The normalized spacial score (nSPS) is 19.3. The van der Waals surface area contributed by atoms with Crippen LogP contribution in [0.25, 0.3) is 11.3 Å². The number of nitrogens with zero attached hydrogens (tertiary/aromatic N) is 5. The zero-order valence-electron chi connectivity index (χ0n) is 21.8. The molecule has 2 aromatic heterocycles. The maximum Gasteiger partial charge on any atom is 0.451 e. The molecule has 2 atom stereocenters. The Morgan fingerprint density at radius 3 is 2.27 bits per heavy atom. The number of sulfonamides is 1. The fraction of sp³-hybridized carbons (Fsp3) is 0.370. The Labute approximate surface area is 234 Å². The molecule has 1 aliphatic carbocycles. The van der Waals surface area contributed by atoms with Crippen LogP contribution in [0.15, 0.2) is 47.6 Å². The fourth-order valence-electron chi connectivity index (χ4n) is 4.52. The summed E-state index contributed by atoms with van der Waals surface area (Å²) in [5, 5.41) is 2.74. The third-order valence-corrected chi connectivity index (χ3v) is 8.71. The summed E-state index contributed by atoms with van der Waals surface area (Å²) in [7, 11) is -4.06. The molecule has 9 nitrogen and oxygen atoms in total. The van der Waals surface area contributed by atoms with Crippen LogP contribution in [0.3, 0.4) is 0 Å². The maximum absolute atomic E-state index is 13.3. The molecule has 14 heteroatoms. The number of hydrogen-bond acceptors (Lipinski definition) is 7. The summed E-state index contributed by atoms with van der Waals surface area (Å²) in [4.78, 5) is 28.8. The number of hydrogen-bond donors (Lipinski definition) is 1. The molecule has 0 radical (unpaired) electrons. The fourth-order valence-corrected chi connectivity index (χ4v) is 6.36. The number of terminal acetylenes is 1. The molecule has 0 spiro atoms. The summed E-state index contributed by atoms with van der Waals surface area (Å²) < 4.78 is 79.6. The predicted molar refractivity (Wildman–Crippen MR) is 140 cm³/mol. The first kappa shape index (κ1) is 30.0. The van der Waals surface area contributed by atoms with Crippen LogP contribution in [0.2, 0.25) is 0 Å². The van der Waals surface area contributed by atoms with E-state index in [1.165, 1.54) is 6.07 Å². The van der Waals surface area contributed by atoms with Gasteiger partial charge in [0.15, 0.2) is 0 Å². The number of halogens is 4. The Balaban J connectivity index is 0.00000189. The Kier molecular flexibility index (Phi) is 8.69. The summed E-state index contributed by atoms with van der Waals surface area (Å²) in [6.07, 6.45) is 7.91. The minimum atomic E-state index is -4.67. The highest BCUT2D eigenvalue weighted by molar-refractivity contribution is 7.89. The lowest BCUT2D eigenvalue weighted by atomic mass is 10.2. The van der Waals surface area contributed by atoms with E-state index in [0.29, 0.717) is 30.1 Å². The van der Waals surface area contributed by atoms with Crippen molar-refractivity contribution in [1.29, 1.82) is 0 Å². The quantitative estimate of drug-likeness (QED) is 0.326. The van der Waals surface area contributed by atoms with E-state index in [4.69, 9.17) is 0 Å². The van der Waals surface area contributed by atoms with Gasteiger partial charge < -0.3 is 5.32 Å². The van der Waals surface area contributed by atoms with Gasteiger partial charge in [-0.3, -0.25) is 4.79 Å². The average Bonchev–Trinajstić information content (AvgIpc) is 3.73. The second-order valence-corrected chi connectivity index (χ2v) is 11.5. The highest BCUT2D eigenvalue weighted by Gasteiger charge is 2.43. The van der Waals surface area contributed by atoms with Crippen LogP contribution in [0.1, 0.15) is 55.9 Å². The third kappa shape index (κ3) is 6.68. The number of amides is 1. The molecule has 41 heavy (non-hydrogen) atoms. The van der Waals surface area contributed by atoms with Gasteiger partial charge >= 0.3 is 6.18 Å². The van der Waals surface area contributed by atoms with E-state index in [1.807, 2.05) is 0 Å². The summed E-state index contributed by atoms with van der Waals surface area (Å²) in [6.45, 7) is 1.66. The largest absolute Gasteiger partial charge is 0.451 e. The highest BCUT2D eigenvalue weighted by atomic mass is 32.2. The zero-order valence-corrected chi connectivity index (χ0v) is 22.7. The van der Waals surface area contributed by atoms with Crippen LogP contribution in [0.4, 0.5) is 17.6 Å². The first-order valence-electron chi connectivity index (χ1n) is 12.6. The Morgan fingerprint density at radius 1 is 1.05 bits per heavy atom. The summed E-state index contributed by atoms with van der Waals surface area (Å²) in [5.74, 6) is -1.74. The average molecular weight is 591 g/mol. The highest BCUT2D eigenvalue weighted by Crippen LogP contribution is 2.39. The van der Waals surface area contributed by atoms with Crippen LogP contribution in [-0.4, -0.2) is 50.6 Å². The monoisotopic (exact) mass is 590 g/mol. The smallest absolute Gasteiger partial charge is 0.349 e. The standard InChI is InChI=1S/C25H24F4N6O3S.C2H2/c1-14-2-9-21(35(14)39(37,38)19-7-5-17(26)6-8-19)23(36)30-13-18-10-20(34-22(33-18)15-3-4-15)16-11-31-24(32-12-16)25(27,28)29;1-2/h5-8,10-12,14-15,21H,2-4,9,13H2,1H3,(H,30,36);1-2H/t14-,21-;/m0./s1. The van der Waals surface area contributed by atoms with Crippen LogP contribution in [0.5, 0.6) is 0 Å². The van der Waals surface area contributed by atoms with Crippen molar-refractivity contribution < 1.29 is 30.8 Å². The molecule has 1 aliphatic heterocycles. The second kappa shape index (κ2) is 11.9. The van der Waals surface area contributed by atoms with Crippen molar-refractivity contribution in [1.82, 2.24) is 29.6 Å². The number of aromatic nitrogens is 4. The lowest BCUT2D eigenvalue weighted by molar-refractivity contribution is -0.145. The van der Waals surface area contributed by atoms with E-state index in [0.717, 1.165) is 53.8 Å². The summed E-state index contributed by atoms with van der Waals surface area (Å²) >= 11 is 0. The molecule has 1 saturated heterocycles. The molecule has 2 fully saturated rings. The van der Waals surface area contributed by atoms with Gasteiger partial charge in [-0.05, 0) is 62.9 Å². The maximum atomic E-state index is 13.3. The minimum absolute atomic E-state index is 0.0507. The Hall–Kier alpha value is -3.96. The molecule has 1 amide bonds. The number of nitrogens with one attached hydrogen (secondary N) is 1. The molecule has 1 N–H and O–H groups in total. The second-order valence-electron chi connectivity index (χ2n) is 9.62. The molecule has 216 valence electrons. The van der Waals surface area contributed by atoms with Gasteiger partial charge in [0.1, 0.15) is 17.7 Å². The number of carbonyl (C=O) groups is 1. The van der Waals surface area contributed by atoms with Crippen LogP contribution >= 0.6 is 0 Å². The van der Waals surface area contributed by atoms with E-state index in [9.17, 15) is 30.8 Å². The van der Waals surface area contributed by atoms with E-state index < -0.39 is 45.8 Å².